The van der Waals surface area contributed by atoms with Gasteiger partial charge in [0.15, 0.2) is 0 Å². The Kier molecular flexibility index (Phi) is 4.05. The van der Waals surface area contributed by atoms with Crippen molar-refractivity contribution in [1.29, 1.82) is 0 Å². The third-order valence-electron chi connectivity index (χ3n) is 2.25. The Hall–Kier alpha value is -1.92. The highest BCUT2D eigenvalue weighted by molar-refractivity contribution is 5.97. The van der Waals surface area contributed by atoms with E-state index in [-0.39, 0.29) is 17.9 Å². The lowest BCUT2D eigenvalue weighted by Crippen LogP contribution is -2.38. The van der Waals surface area contributed by atoms with Crippen LogP contribution in [-0.4, -0.2) is 40.3 Å². The summed E-state index contributed by atoms with van der Waals surface area (Å²) in [5.74, 6) is -1.76. The van der Waals surface area contributed by atoms with E-state index >= 15 is 0 Å². The highest BCUT2D eigenvalue weighted by Crippen LogP contribution is 2.25. The number of benzene rings is 1. The topological polar surface area (TPSA) is 60.8 Å². The van der Waals surface area contributed by atoms with Crippen LogP contribution in [0.4, 0.5) is 13.2 Å². The molecular formula is C11H12F3NO3. The van der Waals surface area contributed by atoms with E-state index in [9.17, 15) is 23.1 Å². The van der Waals surface area contributed by atoms with Gasteiger partial charge >= 0.3 is 6.18 Å². The van der Waals surface area contributed by atoms with Crippen molar-refractivity contribution in [3.8, 4) is 11.5 Å². The molecule has 100 valence electrons. The Bertz CT molecular complexity index is 446. The maximum absolute atomic E-state index is 12.2. The van der Waals surface area contributed by atoms with Gasteiger partial charge in [0, 0.05) is 6.54 Å². The first-order chi connectivity index (χ1) is 8.24. The zero-order chi connectivity index (χ0) is 13.9. The zero-order valence-electron chi connectivity index (χ0n) is 9.53. The number of phenols is 2. The lowest BCUT2D eigenvalue weighted by atomic mass is 10.1. The average Bonchev–Trinajstić information content (AvgIpc) is 2.27. The number of alkyl halides is 3. The van der Waals surface area contributed by atoms with Gasteiger partial charge in [0.1, 0.15) is 18.0 Å². The Morgan fingerprint density at radius 2 is 1.94 bits per heavy atom. The molecule has 0 heterocycles. The van der Waals surface area contributed by atoms with E-state index in [1.165, 1.54) is 6.92 Å². The Morgan fingerprint density at radius 1 is 1.33 bits per heavy atom. The molecule has 2 N–H and O–H groups in total. The zero-order valence-corrected chi connectivity index (χ0v) is 9.53. The predicted octanol–water partition coefficient (Wildman–Crippen LogP) is 2.12. The first-order valence-corrected chi connectivity index (χ1v) is 5.12. The van der Waals surface area contributed by atoms with Crippen molar-refractivity contribution in [2.75, 3.05) is 13.1 Å². The summed E-state index contributed by atoms with van der Waals surface area (Å²) >= 11 is 0. The van der Waals surface area contributed by atoms with Gasteiger partial charge in [-0.15, -0.1) is 0 Å². The van der Waals surface area contributed by atoms with Gasteiger partial charge in [0.05, 0.1) is 5.56 Å². The molecule has 7 heteroatoms. The van der Waals surface area contributed by atoms with Gasteiger partial charge in [0.2, 0.25) is 0 Å². The van der Waals surface area contributed by atoms with E-state index in [4.69, 9.17) is 5.11 Å². The molecule has 0 fully saturated rings. The molecule has 4 nitrogen and oxygen atoms in total. The van der Waals surface area contributed by atoms with Gasteiger partial charge in [-0.3, -0.25) is 4.79 Å². The molecular weight excluding hydrogens is 251 g/mol. The summed E-state index contributed by atoms with van der Waals surface area (Å²) in [5, 5.41) is 18.6. The molecule has 18 heavy (non-hydrogen) atoms. The molecule has 0 spiro atoms. The maximum atomic E-state index is 12.2. The molecule has 1 aromatic carbocycles. The Labute approximate surface area is 101 Å². The molecule has 0 aliphatic rings. The molecule has 0 aliphatic heterocycles. The quantitative estimate of drug-likeness (QED) is 0.821. The van der Waals surface area contributed by atoms with Crippen LogP contribution in [0, 0.1) is 0 Å². The lowest BCUT2D eigenvalue weighted by Gasteiger charge is -2.22. The SMILES string of the molecule is CCN(CC(F)(F)F)C(=O)c1cc(O)ccc1O. The monoisotopic (exact) mass is 263 g/mol. The third-order valence-corrected chi connectivity index (χ3v) is 2.25. The summed E-state index contributed by atoms with van der Waals surface area (Å²) in [5.41, 5.74) is -0.360. The molecule has 0 aliphatic carbocycles. The van der Waals surface area contributed by atoms with Crippen molar-refractivity contribution >= 4 is 5.91 Å². The van der Waals surface area contributed by atoms with Gasteiger partial charge < -0.3 is 15.1 Å². The standard InChI is InChI=1S/C11H12F3NO3/c1-2-15(6-11(12,13)14)10(18)8-5-7(16)3-4-9(8)17/h3-5,16-17H,2,6H2,1H3. The maximum Gasteiger partial charge on any atom is 0.406 e. The van der Waals surface area contributed by atoms with E-state index in [0.29, 0.717) is 4.90 Å². The van der Waals surface area contributed by atoms with Crippen LogP contribution in [-0.2, 0) is 0 Å². The number of carbonyl (C=O) groups excluding carboxylic acids is 1. The first-order valence-electron chi connectivity index (χ1n) is 5.12. The lowest BCUT2D eigenvalue weighted by molar-refractivity contribution is -0.140. The molecule has 0 saturated heterocycles. The number of hydrogen-bond acceptors (Lipinski definition) is 3. The van der Waals surface area contributed by atoms with Crippen LogP contribution in [0.15, 0.2) is 18.2 Å². The van der Waals surface area contributed by atoms with E-state index in [1.807, 2.05) is 0 Å². The number of halogens is 3. The number of nitrogens with zero attached hydrogens (tertiary/aromatic N) is 1. The largest absolute Gasteiger partial charge is 0.508 e. The van der Waals surface area contributed by atoms with Crippen molar-refractivity contribution in [2.24, 2.45) is 0 Å². The minimum Gasteiger partial charge on any atom is -0.508 e. The van der Waals surface area contributed by atoms with Gasteiger partial charge in [-0.25, -0.2) is 0 Å². The number of hydrogen-bond donors (Lipinski definition) is 2. The number of carbonyl (C=O) groups is 1. The smallest absolute Gasteiger partial charge is 0.406 e. The number of amides is 1. The second kappa shape index (κ2) is 5.16. The predicted molar refractivity (Wildman–Crippen MR) is 57.4 cm³/mol. The first kappa shape index (κ1) is 14.1. The molecule has 0 atom stereocenters. The van der Waals surface area contributed by atoms with E-state index in [2.05, 4.69) is 0 Å². The fraction of sp³-hybridized carbons (Fsp3) is 0.364. The van der Waals surface area contributed by atoms with Crippen molar-refractivity contribution in [3.63, 3.8) is 0 Å². The summed E-state index contributed by atoms with van der Waals surface area (Å²) in [6.45, 7) is -0.172. The van der Waals surface area contributed by atoms with Crippen molar-refractivity contribution in [2.45, 2.75) is 13.1 Å². The molecule has 0 unspecified atom stereocenters. The van der Waals surface area contributed by atoms with E-state index in [0.717, 1.165) is 18.2 Å². The van der Waals surface area contributed by atoms with Crippen molar-refractivity contribution in [1.82, 2.24) is 4.90 Å². The molecule has 0 saturated carbocycles. The van der Waals surface area contributed by atoms with Crippen molar-refractivity contribution in [3.05, 3.63) is 23.8 Å². The van der Waals surface area contributed by atoms with E-state index in [1.54, 1.807) is 0 Å². The van der Waals surface area contributed by atoms with Crippen LogP contribution in [0.2, 0.25) is 0 Å². The fourth-order valence-electron chi connectivity index (χ4n) is 1.41. The number of aromatic hydroxyl groups is 2. The van der Waals surface area contributed by atoms with Gasteiger partial charge in [0.25, 0.3) is 5.91 Å². The second-order valence-corrected chi connectivity index (χ2v) is 3.64. The fourth-order valence-corrected chi connectivity index (χ4v) is 1.41. The van der Waals surface area contributed by atoms with Crippen LogP contribution in [0.3, 0.4) is 0 Å². The molecule has 0 bridgehead atoms. The van der Waals surface area contributed by atoms with Gasteiger partial charge in [-0.05, 0) is 25.1 Å². The van der Waals surface area contributed by atoms with Crippen LogP contribution >= 0.6 is 0 Å². The molecule has 0 radical (unpaired) electrons. The molecule has 1 rings (SSSR count). The van der Waals surface area contributed by atoms with Gasteiger partial charge in [-0.2, -0.15) is 13.2 Å². The number of rotatable bonds is 3. The van der Waals surface area contributed by atoms with Crippen molar-refractivity contribution < 1.29 is 28.2 Å². The van der Waals surface area contributed by atoms with Crippen LogP contribution in [0.1, 0.15) is 17.3 Å². The third kappa shape index (κ3) is 3.54. The minimum absolute atomic E-state index is 0.159. The second-order valence-electron chi connectivity index (χ2n) is 3.64. The summed E-state index contributed by atoms with van der Waals surface area (Å²) in [6, 6.07) is 3.10. The van der Waals surface area contributed by atoms with E-state index < -0.39 is 24.4 Å². The summed E-state index contributed by atoms with van der Waals surface area (Å²) in [7, 11) is 0. The summed E-state index contributed by atoms with van der Waals surface area (Å²) < 4.78 is 36.7. The summed E-state index contributed by atoms with van der Waals surface area (Å²) in [4.78, 5) is 12.3. The Morgan fingerprint density at radius 3 is 2.44 bits per heavy atom. The van der Waals surface area contributed by atoms with Crippen LogP contribution in [0.5, 0.6) is 11.5 Å². The number of phenolic OH excluding ortho intramolecular Hbond substituents is 2. The Balaban J connectivity index is 3.00. The van der Waals surface area contributed by atoms with Gasteiger partial charge in [-0.1, -0.05) is 0 Å². The normalized spacial score (nSPS) is 11.3. The van der Waals surface area contributed by atoms with Crippen LogP contribution in [0.25, 0.3) is 0 Å². The molecule has 0 aromatic heterocycles. The molecule has 1 amide bonds. The highest BCUT2D eigenvalue weighted by atomic mass is 19.4. The van der Waals surface area contributed by atoms with Crippen LogP contribution < -0.4 is 0 Å². The minimum atomic E-state index is -4.52. The summed E-state index contributed by atoms with van der Waals surface area (Å²) in [6.07, 6.45) is -4.52. The molecule has 1 aromatic rings. The average molecular weight is 263 g/mol. The highest BCUT2D eigenvalue weighted by Gasteiger charge is 2.33.